The topological polar surface area (TPSA) is 115 Å². The first-order chi connectivity index (χ1) is 16.7. The van der Waals surface area contributed by atoms with Gasteiger partial charge in [0, 0.05) is 50.0 Å². The van der Waals surface area contributed by atoms with Gasteiger partial charge in [-0.15, -0.1) is 0 Å². The zero-order chi connectivity index (χ0) is 25.2. The van der Waals surface area contributed by atoms with Crippen LogP contribution in [0, 0.1) is 0 Å². The molecule has 1 amide bonds. The SMILES string of the molecule is COc1cnc2c(-c3cc4c(CNCCNC(=O)OC(C)(C)C)ccnc4[nH]3)cn(C)c2c1OC. The Hall–Kier alpha value is -3.79. The number of hydrogen-bond acceptors (Lipinski definition) is 7. The third-order valence-corrected chi connectivity index (χ3v) is 5.53. The third kappa shape index (κ3) is 5.17. The number of aromatic nitrogens is 4. The molecule has 0 aliphatic carbocycles. The van der Waals surface area contributed by atoms with Gasteiger partial charge >= 0.3 is 6.09 Å². The predicted molar refractivity (Wildman–Crippen MR) is 135 cm³/mol. The number of methoxy groups -OCH3 is 2. The van der Waals surface area contributed by atoms with Crippen molar-refractivity contribution in [1.82, 2.24) is 30.2 Å². The van der Waals surface area contributed by atoms with E-state index < -0.39 is 11.7 Å². The highest BCUT2D eigenvalue weighted by Crippen LogP contribution is 2.39. The van der Waals surface area contributed by atoms with Gasteiger partial charge in [0.1, 0.15) is 22.3 Å². The van der Waals surface area contributed by atoms with Crippen molar-refractivity contribution < 1.29 is 19.0 Å². The van der Waals surface area contributed by atoms with Crippen LogP contribution in [0.5, 0.6) is 11.5 Å². The number of rotatable bonds is 8. The number of carbonyl (C=O) groups is 1. The molecule has 0 aliphatic heterocycles. The molecule has 0 unspecified atom stereocenters. The zero-order valence-corrected chi connectivity index (χ0v) is 21.0. The minimum absolute atomic E-state index is 0.418. The number of carbonyl (C=O) groups excluding carboxylic acids is 1. The second-order valence-corrected chi connectivity index (χ2v) is 9.23. The van der Waals surface area contributed by atoms with E-state index in [9.17, 15) is 4.79 Å². The maximum atomic E-state index is 11.8. The molecular formula is C25H32N6O4. The maximum absolute atomic E-state index is 11.8. The number of hydrogen-bond donors (Lipinski definition) is 3. The van der Waals surface area contributed by atoms with E-state index in [1.807, 2.05) is 44.6 Å². The lowest BCUT2D eigenvalue weighted by molar-refractivity contribution is 0.0528. The molecule has 0 saturated carbocycles. The van der Waals surface area contributed by atoms with Crippen LogP contribution in [-0.2, 0) is 18.3 Å². The molecule has 10 heteroatoms. The van der Waals surface area contributed by atoms with Crippen molar-refractivity contribution in [2.45, 2.75) is 32.9 Å². The minimum atomic E-state index is -0.511. The molecule has 186 valence electrons. The number of pyridine rings is 2. The Morgan fingerprint density at radius 3 is 2.69 bits per heavy atom. The average Bonchev–Trinajstić information content (AvgIpc) is 3.38. The van der Waals surface area contributed by atoms with Crippen molar-refractivity contribution in [3.63, 3.8) is 0 Å². The van der Waals surface area contributed by atoms with E-state index in [-0.39, 0.29) is 0 Å². The van der Waals surface area contributed by atoms with Crippen LogP contribution in [0.1, 0.15) is 26.3 Å². The molecule has 35 heavy (non-hydrogen) atoms. The van der Waals surface area contributed by atoms with E-state index in [1.165, 1.54) is 0 Å². The van der Waals surface area contributed by atoms with Crippen molar-refractivity contribution in [2.24, 2.45) is 7.05 Å². The van der Waals surface area contributed by atoms with Crippen LogP contribution in [-0.4, -0.2) is 58.5 Å². The molecule has 0 atom stereocenters. The Labute approximate surface area is 204 Å². The Morgan fingerprint density at radius 2 is 1.97 bits per heavy atom. The number of fused-ring (bicyclic) bond motifs is 2. The largest absolute Gasteiger partial charge is 0.491 e. The molecule has 3 N–H and O–H groups in total. The number of alkyl carbamates (subject to hydrolysis) is 1. The van der Waals surface area contributed by atoms with Gasteiger partial charge in [0.2, 0.25) is 0 Å². The van der Waals surface area contributed by atoms with Gasteiger partial charge in [-0.25, -0.2) is 14.8 Å². The van der Waals surface area contributed by atoms with Crippen molar-refractivity contribution in [3.8, 4) is 22.8 Å². The van der Waals surface area contributed by atoms with Crippen LogP contribution in [0.15, 0.2) is 30.7 Å². The second kappa shape index (κ2) is 9.83. The molecule has 10 nitrogen and oxygen atoms in total. The van der Waals surface area contributed by atoms with Gasteiger partial charge in [-0.2, -0.15) is 0 Å². The minimum Gasteiger partial charge on any atom is -0.491 e. The van der Waals surface area contributed by atoms with E-state index in [1.54, 1.807) is 26.6 Å². The number of amides is 1. The molecule has 0 aromatic carbocycles. The quantitative estimate of drug-likeness (QED) is 0.329. The van der Waals surface area contributed by atoms with E-state index in [0.717, 1.165) is 38.9 Å². The number of H-pyrrole nitrogens is 1. The van der Waals surface area contributed by atoms with E-state index in [0.29, 0.717) is 31.1 Å². The van der Waals surface area contributed by atoms with Crippen molar-refractivity contribution in [3.05, 3.63) is 36.3 Å². The molecule has 4 aromatic heterocycles. The first-order valence-electron chi connectivity index (χ1n) is 11.4. The van der Waals surface area contributed by atoms with E-state index in [4.69, 9.17) is 14.2 Å². The number of nitrogens with one attached hydrogen (secondary N) is 3. The van der Waals surface area contributed by atoms with Crippen LogP contribution in [0.25, 0.3) is 33.3 Å². The van der Waals surface area contributed by atoms with Crippen LogP contribution in [0.2, 0.25) is 0 Å². The first-order valence-corrected chi connectivity index (χ1v) is 11.4. The lowest BCUT2D eigenvalue weighted by atomic mass is 10.1. The van der Waals surface area contributed by atoms with E-state index in [2.05, 4.69) is 31.7 Å². The normalized spacial score (nSPS) is 11.7. The fourth-order valence-electron chi connectivity index (χ4n) is 4.02. The molecule has 0 fully saturated rings. The number of aryl methyl sites for hydroxylation is 1. The van der Waals surface area contributed by atoms with Crippen LogP contribution >= 0.6 is 0 Å². The van der Waals surface area contributed by atoms with E-state index >= 15 is 0 Å². The summed E-state index contributed by atoms with van der Waals surface area (Å²) in [5.74, 6) is 1.23. The summed E-state index contributed by atoms with van der Waals surface area (Å²) in [7, 11) is 5.18. The summed E-state index contributed by atoms with van der Waals surface area (Å²) in [5, 5.41) is 7.14. The second-order valence-electron chi connectivity index (χ2n) is 9.23. The summed E-state index contributed by atoms with van der Waals surface area (Å²) < 4.78 is 18.3. The zero-order valence-electron chi connectivity index (χ0n) is 21.0. The molecule has 0 bridgehead atoms. The number of aromatic amines is 1. The summed E-state index contributed by atoms with van der Waals surface area (Å²) in [6.07, 6.45) is 5.06. The molecule has 4 aromatic rings. The van der Waals surface area contributed by atoms with Gasteiger partial charge in [0.25, 0.3) is 0 Å². The Balaban J connectivity index is 1.52. The van der Waals surface area contributed by atoms with Crippen molar-refractivity contribution in [2.75, 3.05) is 27.3 Å². The highest BCUT2D eigenvalue weighted by atomic mass is 16.6. The average molecular weight is 481 g/mol. The standard InChI is InChI=1S/C25H32N6O4/c1-25(2,3)35-24(32)28-10-9-26-12-15-7-8-27-23-16(15)11-18(30-23)17-14-31(4)21-20(17)29-13-19(33-5)22(21)34-6/h7-8,11,13-14,26H,9-10,12H2,1-6H3,(H,27,30)(H,28,32). The molecule has 0 aliphatic rings. The van der Waals surface area contributed by atoms with Gasteiger partial charge in [0.05, 0.1) is 26.1 Å². The smallest absolute Gasteiger partial charge is 0.407 e. The highest BCUT2D eigenvalue weighted by Gasteiger charge is 2.20. The van der Waals surface area contributed by atoms with Crippen LogP contribution in [0.4, 0.5) is 4.79 Å². The lowest BCUT2D eigenvalue weighted by Gasteiger charge is -2.19. The highest BCUT2D eigenvalue weighted by molar-refractivity contribution is 5.99. The first kappa shape index (κ1) is 24.3. The fourth-order valence-corrected chi connectivity index (χ4v) is 4.02. The number of ether oxygens (including phenoxy) is 3. The molecule has 0 saturated heterocycles. The lowest BCUT2D eigenvalue weighted by Crippen LogP contribution is -2.36. The molecule has 0 spiro atoms. The Morgan fingerprint density at radius 1 is 1.17 bits per heavy atom. The van der Waals surface area contributed by atoms with Crippen molar-refractivity contribution >= 4 is 28.2 Å². The summed E-state index contributed by atoms with van der Waals surface area (Å²) in [5.41, 5.74) is 4.91. The summed E-state index contributed by atoms with van der Waals surface area (Å²) in [6, 6.07) is 4.08. The van der Waals surface area contributed by atoms with Gasteiger partial charge < -0.3 is 34.4 Å². The maximum Gasteiger partial charge on any atom is 0.407 e. The summed E-state index contributed by atoms with van der Waals surface area (Å²) >= 11 is 0. The summed E-state index contributed by atoms with van der Waals surface area (Å²) in [6.45, 7) is 7.22. The number of nitrogens with zero attached hydrogens (tertiary/aromatic N) is 3. The fraction of sp³-hybridized carbons (Fsp3) is 0.400. The van der Waals surface area contributed by atoms with Crippen molar-refractivity contribution in [1.29, 1.82) is 0 Å². The monoisotopic (exact) mass is 480 g/mol. The third-order valence-electron chi connectivity index (χ3n) is 5.53. The molecule has 4 rings (SSSR count). The van der Waals surface area contributed by atoms with Gasteiger partial charge in [-0.3, -0.25) is 0 Å². The molecule has 0 radical (unpaired) electrons. The molecular weight excluding hydrogens is 448 g/mol. The summed E-state index contributed by atoms with van der Waals surface area (Å²) in [4.78, 5) is 24.3. The predicted octanol–water partition coefficient (Wildman–Crippen LogP) is 3.75. The Kier molecular flexibility index (Phi) is 6.83. The van der Waals surface area contributed by atoms with Crippen LogP contribution in [0.3, 0.4) is 0 Å². The Bertz CT molecular complexity index is 1350. The molecule has 4 heterocycles. The van der Waals surface area contributed by atoms with Gasteiger partial charge in [0.15, 0.2) is 11.5 Å². The van der Waals surface area contributed by atoms with Crippen LogP contribution < -0.4 is 20.1 Å². The van der Waals surface area contributed by atoms with Gasteiger partial charge in [-0.1, -0.05) is 0 Å². The van der Waals surface area contributed by atoms with Gasteiger partial charge in [-0.05, 0) is 38.5 Å².